The third-order valence-electron chi connectivity index (χ3n) is 2.97. The molecule has 0 fully saturated rings. The molecule has 0 spiro atoms. The van der Waals surface area contributed by atoms with Crippen LogP contribution >= 0.6 is 11.6 Å². The molecule has 0 aliphatic rings. The first kappa shape index (κ1) is 14.3. The molecule has 0 atom stereocenters. The number of rotatable bonds is 3. The van der Waals surface area contributed by atoms with E-state index in [0.29, 0.717) is 11.5 Å². The summed E-state index contributed by atoms with van der Waals surface area (Å²) >= 11 is 5.85. The molecule has 2 rings (SSSR count). The molecule has 20 heavy (non-hydrogen) atoms. The van der Waals surface area contributed by atoms with Crippen LogP contribution in [0.15, 0.2) is 36.5 Å². The zero-order valence-corrected chi connectivity index (χ0v) is 12.1. The van der Waals surface area contributed by atoms with E-state index in [1.165, 1.54) is 17.8 Å². The van der Waals surface area contributed by atoms with Crippen molar-refractivity contribution in [1.82, 2.24) is 4.98 Å². The number of amides is 1. The Kier molecular flexibility index (Phi) is 4.25. The van der Waals surface area contributed by atoms with Crippen LogP contribution in [-0.4, -0.2) is 10.9 Å². The minimum Gasteiger partial charge on any atom is -0.382 e. The van der Waals surface area contributed by atoms with Crippen LogP contribution in [0.2, 0.25) is 5.02 Å². The summed E-state index contributed by atoms with van der Waals surface area (Å²) < 4.78 is 0. The van der Waals surface area contributed by atoms with E-state index in [2.05, 4.69) is 24.1 Å². The number of hydrogen-bond donors (Lipinski definition) is 2. The van der Waals surface area contributed by atoms with E-state index in [-0.39, 0.29) is 16.7 Å². The zero-order valence-electron chi connectivity index (χ0n) is 11.4. The molecule has 0 saturated heterocycles. The maximum absolute atomic E-state index is 12.0. The van der Waals surface area contributed by atoms with Crippen molar-refractivity contribution in [3.05, 3.63) is 52.7 Å². The smallest absolute Gasteiger partial charge is 0.257 e. The van der Waals surface area contributed by atoms with Crippen LogP contribution in [-0.2, 0) is 0 Å². The van der Waals surface area contributed by atoms with Crippen LogP contribution < -0.4 is 11.1 Å². The van der Waals surface area contributed by atoms with Gasteiger partial charge in [-0.1, -0.05) is 37.6 Å². The first-order chi connectivity index (χ1) is 9.47. The van der Waals surface area contributed by atoms with E-state index in [4.69, 9.17) is 17.3 Å². The summed E-state index contributed by atoms with van der Waals surface area (Å²) in [5.41, 5.74) is 7.84. The molecule has 0 aliphatic carbocycles. The third-order valence-corrected chi connectivity index (χ3v) is 3.27. The van der Waals surface area contributed by atoms with Gasteiger partial charge in [0.05, 0.1) is 10.6 Å². The van der Waals surface area contributed by atoms with Crippen molar-refractivity contribution in [2.24, 2.45) is 0 Å². The highest BCUT2D eigenvalue weighted by atomic mass is 35.5. The molecule has 0 bridgehead atoms. The Balaban J connectivity index is 2.12. The number of aromatic nitrogens is 1. The Bertz CT molecular complexity index is 624. The molecule has 1 heterocycles. The Hall–Kier alpha value is -2.07. The highest BCUT2D eigenvalue weighted by molar-refractivity contribution is 6.33. The number of nitrogens with one attached hydrogen (secondary N) is 1. The second-order valence-corrected chi connectivity index (χ2v) is 5.23. The van der Waals surface area contributed by atoms with Gasteiger partial charge in [-0.2, -0.15) is 0 Å². The first-order valence-electron chi connectivity index (χ1n) is 6.29. The van der Waals surface area contributed by atoms with E-state index < -0.39 is 0 Å². The highest BCUT2D eigenvalue weighted by Gasteiger charge is 2.09. The highest BCUT2D eigenvalue weighted by Crippen LogP contribution is 2.19. The Morgan fingerprint density at radius 1 is 1.30 bits per heavy atom. The fourth-order valence-electron chi connectivity index (χ4n) is 1.73. The normalized spacial score (nSPS) is 10.6. The van der Waals surface area contributed by atoms with Gasteiger partial charge in [0.15, 0.2) is 0 Å². The number of carbonyl (C=O) groups excluding carboxylic acids is 1. The number of pyridine rings is 1. The van der Waals surface area contributed by atoms with Gasteiger partial charge in [0, 0.05) is 11.9 Å². The van der Waals surface area contributed by atoms with Crippen molar-refractivity contribution in [2.75, 3.05) is 11.1 Å². The van der Waals surface area contributed by atoms with Crippen molar-refractivity contribution < 1.29 is 4.79 Å². The van der Waals surface area contributed by atoms with Crippen molar-refractivity contribution >= 4 is 29.0 Å². The number of halogens is 1. The monoisotopic (exact) mass is 289 g/mol. The summed E-state index contributed by atoms with van der Waals surface area (Å²) in [4.78, 5) is 15.9. The van der Waals surface area contributed by atoms with Gasteiger partial charge in [-0.3, -0.25) is 4.79 Å². The minimum atomic E-state index is -0.267. The number of carbonyl (C=O) groups is 1. The number of nitrogens with two attached hydrogens (primary N) is 1. The van der Waals surface area contributed by atoms with Crippen molar-refractivity contribution in [3.63, 3.8) is 0 Å². The maximum Gasteiger partial charge on any atom is 0.257 e. The van der Waals surface area contributed by atoms with Crippen LogP contribution in [0.1, 0.15) is 35.7 Å². The molecule has 2 aromatic rings. The summed E-state index contributed by atoms with van der Waals surface area (Å²) in [6.45, 7) is 4.24. The average molecular weight is 290 g/mol. The SMILES string of the molecule is CC(C)c1ccc(NC(=O)c2cnc(N)c(Cl)c2)cc1. The summed E-state index contributed by atoms with van der Waals surface area (Å²) in [6.07, 6.45) is 1.40. The molecule has 104 valence electrons. The number of hydrogen-bond acceptors (Lipinski definition) is 3. The molecule has 1 aromatic carbocycles. The summed E-state index contributed by atoms with van der Waals surface area (Å²) in [7, 11) is 0. The first-order valence-corrected chi connectivity index (χ1v) is 6.67. The van der Waals surface area contributed by atoms with Crippen molar-refractivity contribution in [1.29, 1.82) is 0 Å². The lowest BCUT2D eigenvalue weighted by Crippen LogP contribution is -2.12. The molecule has 4 nitrogen and oxygen atoms in total. The van der Waals surface area contributed by atoms with Gasteiger partial charge < -0.3 is 11.1 Å². The Labute approximate surface area is 123 Å². The van der Waals surface area contributed by atoms with E-state index in [9.17, 15) is 4.79 Å². The summed E-state index contributed by atoms with van der Waals surface area (Å²) in [6, 6.07) is 9.24. The van der Waals surface area contributed by atoms with Crippen LogP contribution in [0.3, 0.4) is 0 Å². The van der Waals surface area contributed by atoms with Crippen molar-refractivity contribution in [2.45, 2.75) is 19.8 Å². The predicted octanol–water partition coefficient (Wildman–Crippen LogP) is 3.69. The Morgan fingerprint density at radius 3 is 2.50 bits per heavy atom. The predicted molar refractivity (Wildman–Crippen MR) is 82.1 cm³/mol. The fraction of sp³-hybridized carbons (Fsp3) is 0.200. The molecule has 0 saturated carbocycles. The quantitative estimate of drug-likeness (QED) is 0.905. The van der Waals surface area contributed by atoms with Crippen LogP contribution in [0, 0.1) is 0 Å². The van der Waals surface area contributed by atoms with Gasteiger partial charge in [-0.25, -0.2) is 4.98 Å². The molecule has 0 aliphatic heterocycles. The van der Waals surface area contributed by atoms with E-state index in [1.807, 2.05) is 24.3 Å². The van der Waals surface area contributed by atoms with Gasteiger partial charge in [-0.05, 0) is 29.7 Å². The summed E-state index contributed by atoms with van der Waals surface area (Å²) in [5, 5.41) is 3.06. The second kappa shape index (κ2) is 5.92. The number of anilines is 2. The topological polar surface area (TPSA) is 68.0 Å². The van der Waals surface area contributed by atoms with Gasteiger partial charge >= 0.3 is 0 Å². The number of benzene rings is 1. The molecule has 3 N–H and O–H groups in total. The third kappa shape index (κ3) is 3.27. The summed E-state index contributed by atoms with van der Waals surface area (Å²) in [5.74, 6) is 0.404. The molecule has 1 aromatic heterocycles. The lowest BCUT2D eigenvalue weighted by molar-refractivity contribution is 0.102. The van der Waals surface area contributed by atoms with Gasteiger partial charge in [0.1, 0.15) is 5.82 Å². The Morgan fingerprint density at radius 2 is 1.95 bits per heavy atom. The van der Waals surface area contributed by atoms with Gasteiger partial charge in [0.25, 0.3) is 5.91 Å². The average Bonchev–Trinajstić information content (AvgIpc) is 2.42. The minimum absolute atomic E-state index is 0.213. The lowest BCUT2D eigenvalue weighted by Gasteiger charge is -2.08. The molecular formula is C15H16ClN3O. The van der Waals surface area contributed by atoms with Crippen LogP contribution in [0.25, 0.3) is 0 Å². The maximum atomic E-state index is 12.0. The lowest BCUT2D eigenvalue weighted by atomic mass is 10.0. The molecular weight excluding hydrogens is 274 g/mol. The zero-order chi connectivity index (χ0) is 14.7. The van der Waals surface area contributed by atoms with Gasteiger partial charge in [0.2, 0.25) is 0 Å². The number of nitrogens with zero attached hydrogens (tertiary/aromatic N) is 1. The van der Waals surface area contributed by atoms with Gasteiger partial charge in [-0.15, -0.1) is 0 Å². The van der Waals surface area contributed by atoms with Crippen LogP contribution in [0.4, 0.5) is 11.5 Å². The molecule has 0 unspecified atom stereocenters. The van der Waals surface area contributed by atoms with E-state index >= 15 is 0 Å². The molecule has 0 radical (unpaired) electrons. The largest absolute Gasteiger partial charge is 0.382 e. The molecule has 1 amide bonds. The number of nitrogen functional groups attached to an aromatic ring is 1. The van der Waals surface area contributed by atoms with Crippen molar-refractivity contribution in [3.8, 4) is 0 Å². The fourth-order valence-corrected chi connectivity index (χ4v) is 1.89. The second-order valence-electron chi connectivity index (χ2n) is 4.82. The van der Waals surface area contributed by atoms with E-state index in [0.717, 1.165) is 5.69 Å². The standard InChI is InChI=1S/C15H16ClN3O/c1-9(2)10-3-5-12(6-4-10)19-15(20)11-7-13(16)14(17)18-8-11/h3-9H,1-2H3,(H2,17,18)(H,19,20). The van der Waals surface area contributed by atoms with E-state index in [1.54, 1.807) is 0 Å². The molecule has 5 heteroatoms. The van der Waals surface area contributed by atoms with Crippen LogP contribution in [0.5, 0.6) is 0 Å².